The summed E-state index contributed by atoms with van der Waals surface area (Å²) in [5.41, 5.74) is 0. The van der Waals surface area contributed by atoms with Gasteiger partial charge in [0.1, 0.15) is 13.2 Å². The van der Waals surface area contributed by atoms with E-state index in [1.165, 1.54) is 122 Å². The summed E-state index contributed by atoms with van der Waals surface area (Å²) in [4.78, 5) is 38.0. The van der Waals surface area contributed by atoms with Crippen LogP contribution in [0.5, 0.6) is 0 Å². The fourth-order valence-corrected chi connectivity index (χ4v) is 7.51. The van der Waals surface area contributed by atoms with Gasteiger partial charge in [-0.05, 0) is 77.0 Å². The van der Waals surface area contributed by atoms with Crippen LogP contribution in [0, 0.1) is 0 Å². The highest BCUT2D eigenvalue weighted by Gasteiger charge is 2.19. The van der Waals surface area contributed by atoms with Crippen LogP contribution in [0.15, 0.2) is 48.6 Å². The summed E-state index contributed by atoms with van der Waals surface area (Å²) in [6.45, 7) is 6.54. The van der Waals surface area contributed by atoms with Crippen LogP contribution < -0.4 is 0 Å². The summed E-state index contributed by atoms with van der Waals surface area (Å²) >= 11 is 0. The van der Waals surface area contributed by atoms with Gasteiger partial charge < -0.3 is 14.2 Å². The molecule has 0 heterocycles. The molecule has 360 valence electrons. The molecule has 0 N–H and O–H groups in total. The van der Waals surface area contributed by atoms with Gasteiger partial charge in [-0.2, -0.15) is 0 Å². The summed E-state index contributed by atoms with van der Waals surface area (Å²) in [6, 6.07) is 0. The Morgan fingerprint density at radius 2 is 0.613 bits per heavy atom. The van der Waals surface area contributed by atoms with Crippen LogP contribution in [-0.4, -0.2) is 37.2 Å². The van der Waals surface area contributed by atoms with Gasteiger partial charge >= 0.3 is 17.9 Å². The highest BCUT2D eigenvalue weighted by atomic mass is 16.6. The van der Waals surface area contributed by atoms with E-state index in [9.17, 15) is 14.4 Å². The molecule has 0 saturated heterocycles. The third-order valence-corrected chi connectivity index (χ3v) is 11.5. The number of allylic oxidation sites excluding steroid dienone is 8. The maximum atomic E-state index is 12.8. The predicted octanol–water partition coefficient (Wildman–Crippen LogP) is 17.5. The first-order valence-corrected chi connectivity index (χ1v) is 26.6. The molecular weight excluding hydrogens is 769 g/mol. The summed E-state index contributed by atoms with van der Waals surface area (Å²) in [7, 11) is 0. The molecule has 0 amide bonds. The fraction of sp³-hybridized carbons (Fsp3) is 0.804. The number of carbonyl (C=O) groups is 3. The van der Waals surface area contributed by atoms with Crippen molar-refractivity contribution in [3.05, 3.63) is 48.6 Å². The third kappa shape index (κ3) is 48.4. The SMILES string of the molecule is CCC/C=C\C/C=C\CCCCCCCC(=O)OCC(COC(=O)CCCCCCCCCCCCCCCCCC)OC(=O)CCCCCCC/C=C\C/C=C\CCCCC. The zero-order chi connectivity index (χ0) is 45.1. The molecule has 6 nitrogen and oxygen atoms in total. The average Bonchev–Trinajstić information content (AvgIpc) is 3.27. The predicted molar refractivity (Wildman–Crippen MR) is 265 cm³/mol. The van der Waals surface area contributed by atoms with Gasteiger partial charge in [-0.15, -0.1) is 0 Å². The number of esters is 3. The Hall–Kier alpha value is -2.63. The van der Waals surface area contributed by atoms with Gasteiger partial charge in [-0.3, -0.25) is 14.4 Å². The van der Waals surface area contributed by atoms with Gasteiger partial charge in [-0.1, -0.05) is 223 Å². The molecule has 0 bridgehead atoms. The van der Waals surface area contributed by atoms with Crippen molar-refractivity contribution in [3.63, 3.8) is 0 Å². The smallest absolute Gasteiger partial charge is 0.306 e. The lowest BCUT2D eigenvalue weighted by Gasteiger charge is -2.18. The molecule has 6 heteroatoms. The Bertz CT molecular complexity index is 1090. The molecule has 0 aliphatic rings. The van der Waals surface area contributed by atoms with E-state index in [4.69, 9.17) is 14.2 Å². The fourth-order valence-electron chi connectivity index (χ4n) is 7.51. The first kappa shape index (κ1) is 59.4. The Kier molecular flexibility index (Phi) is 48.8. The first-order valence-electron chi connectivity index (χ1n) is 26.6. The van der Waals surface area contributed by atoms with E-state index in [0.29, 0.717) is 19.3 Å². The van der Waals surface area contributed by atoms with E-state index in [-0.39, 0.29) is 31.1 Å². The lowest BCUT2D eigenvalue weighted by Crippen LogP contribution is -2.30. The van der Waals surface area contributed by atoms with Crippen molar-refractivity contribution in [2.45, 2.75) is 277 Å². The van der Waals surface area contributed by atoms with Crippen molar-refractivity contribution < 1.29 is 28.6 Å². The second-order valence-corrected chi connectivity index (χ2v) is 17.8. The molecule has 1 unspecified atom stereocenters. The van der Waals surface area contributed by atoms with E-state index in [0.717, 1.165) is 109 Å². The highest BCUT2D eigenvalue weighted by Crippen LogP contribution is 2.16. The maximum absolute atomic E-state index is 12.8. The topological polar surface area (TPSA) is 78.9 Å². The van der Waals surface area contributed by atoms with Gasteiger partial charge in [0, 0.05) is 19.3 Å². The Balaban J connectivity index is 4.39. The number of hydrogen-bond acceptors (Lipinski definition) is 6. The second-order valence-electron chi connectivity index (χ2n) is 17.8. The largest absolute Gasteiger partial charge is 0.462 e. The number of hydrogen-bond donors (Lipinski definition) is 0. The highest BCUT2D eigenvalue weighted by molar-refractivity contribution is 5.71. The number of ether oxygens (including phenoxy) is 3. The van der Waals surface area contributed by atoms with Gasteiger partial charge in [0.15, 0.2) is 6.10 Å². The van der Waals surface area contributed by atoms with Crippen LogP contribution in [0.25, 0.3) is 0 Å². The quantitative estimate of drug-likeness (QED) is 0.0262. The Morgan fingerprint density at radius 1 is 0.323 bits per heavy atom. The molecule has 0 aromatic carbocycles. The first-order chi connectivity index (χ1) is 30.5. The molecule has 0 fully saturated rings. The third-order valence-electron chi connectivity index (χ3n) is 11.5. The molecule has 0 radical (unpaired) electrons. The molecule has 62 heavy (non-hydrogen) atoms. The number of rotatable bonds is 48. The lowest BCUT2D eigenvalue weighted by atomic mass is 10.0. The summed E-state index contributed by atoms with van der Waals surface area (Å²) in [6.07, 6.45) is 60.9. The standard InChI is InChI=1S/C56H100O6/c1-4-7-10-13-16-19-22-25-27-29-31-34-37-40-43-46-49-55(58)61-52-53(51-60-54(57)48-45-42-39-36-33-30-24-21-18-15-12-9-6-3)62-56(59)50-47-44-41-38-35-32-28-26-23-20-17-14-11-8-5-2/h12,15,17,20-21,24,26,28,53H,4-11,13-14,16,18-19,22-23,25,27,29-52H2,1-3H3/b15-12-,20-17-,24-21-,28-26-. The van der Waals surface area contributed by atoms with Crippen molar-refractivity contribution in [2.24, 2.45) is 0 Å². The summed E-state index contributed by atoms with van der Waals surface area (Å²) in [5, 5.41) is 0. The van der Waals surface area contributed by atoms with Gasteiger partial charge in [-0.25, -0.2) is 0 Å². The second kappa shape index (κ2) is 51.0. The monoisotopic (exact) mass is 869 g/mol. The molecule has 0 aliphatic heterocycles. The zero-order valence-electron chi connectivity index (χ0n) is 41.1. The normalized spacial score (nSPS) is 12.4. The maximum Gasteiger partial charge on any atom is 0.306 e. The zero-order valence-corrected chi connectivity index (χ0v) is 41.1. The van der Waals surface area contributed by atoms with Crippen LogP contribution in [0.4, 0.5) is 0 Å². The van der Waals surface area contributed by atoms with Crippen LogP contribution in [-0.2, 0) is 28.6 Å². The summed E-state index contributed by atoms with van der Waals surface area (Å²) < 4.78 is 16.8. The van der Waals surface area contributed by atoms with Crippen molar-refractivity contribution in [1.29, 1.82) is 0 Å². The molecule has 1 atom stereocenters. The van der Waals surface area contributed by atoms with Crippen LogP contribution in [0.3, 0.4) is 0 Å². The Morgan fingerprint density at radius 3 is 0.984 bits per heavy atom. The lowest BCUT2D eigenvalue weighted by molar-refractivity contribution is -0.167. The van der Waals surface area contributed by atoms with Crippen molar-refractivity contribution in [2.75, 3.05) is 13.2 Å². The molecule has 0 spiro atoms. The van der Waals surface area contributed by atoms with Crippen molar-refractivity contribution in [1.82, 2.24) is 0 Å². The van der Waals surface area contributed by atoms with Crippen LogP contribution >= 0.6 is 0 Å². The molecule has 0 saturated carbocycles. The number of unbranched alkanes of at least 4 members (excludes halogenated alkanes) is 29. The minimum absolute atomic E-state index is 0.0810. The Labute approximate surface area is 384 Å². The van der Waals surface area contributed by atoms with Gasteiger partial charge in [0.05, 0.1) is 0 Å². The number of carbonyl (C=O) groups excluding carboxylic acids is 3. The van der Waals surface area contributed by atoms with E-state index in [1.54, 1.807) is 0 Å². The van der Waals surface area contributed by atoms with Crippen LogP contribution in [0.2, 0.25) is 0 Å². The molecule has 0 aromatic heterocycles. The molecule has 0 aromatic rings. The molecular formula is C56H100O6. The minimum atomic E-state index is -0.783. The van der Waals surface area contributed by atoms with Crippen molar-refractivity contribution >= 4 is 17.9 Å². The van der Waals surface area contributed by atoms with Crippen LogP contribution in [0.1, 0.15) is 271 Å². The van der Waals surface area contributed by atoms with E-state index in [2.05, 4.69) is 69.4 Å². The summed E-state index contributed by atoms with van der Waals surface area (Å²) in [5.74, 6) is -0.900. The van der Waals surface area contributed by atoms with E-state index < -0.39 is 6.10 Å². The minimum Gasteiger partial charge on any atom is -0.462 e. The molecule has 0 rings (SSSR count). The molecule has 0 aliphatic carbocycles. The van der Waals surface area contributed by atoms with E-state index >= 15 is 0 Å². The van der Waals surface area contributed by atoms with Gasteiger partial charge in [0.25, 0.3) is 0 Å². The van der Waals surface area contributed by atoms with Crippen molar-refractivity contribution in [3.8, 4) is 0 Å². The average molecular weight is 869 g/mol. The van der Waals surface area contributed by atoms with Gasteiger partial charge in [0.2, 0.25) is 0 Å². The van der Waals surface area contributed by atoms with E-state index in [1.807, 2.05) is 0 Å².